The van der Waals surface area contributed by atoms with E-state index in [-0.39, 0.29) is 11.3 Å². The Morgan fingerprint density at radius 2 is 1.77 bits per heavy atom. The molecule has 6 heteroatoms. The molecule has 1 aromatic heterocycles. The number of carbonyl (C=O) groups is 2. The second-order valence-electron chi connectivity index (χ2n) is 6.44. The molecule has 1 saturated heterocycles. The molecule has 134 valence electrons. The highest BCUT2D eigenvalue weighted by Gasteiger charge is 2.45. The summed E-state index contributed by atoms with van der Waals surface area (Å²) >= 11 is 0. The minimum atomic E-state index is -0.660. The van der Waals surface area contributed by atoms with Crippen molar-refractivity contribution >= 4 is 17.4 Å². The third-order valence-electron chi connectivity index (χ3n) is 4.40. The molecular formula is C20H21N3O3. The minimum absolute atomic E-state index is 0.117. The number of rotatable bonds is 5. The van der Waals surface area contributed by atoms with E-state index in [1.165, 1.54) is 4.90 Å². The zero-order valence-corrected chi connectivity index (χ0v) is 14.8. The van der Waals surface area contributed by atoms with Crippen LogP contribution in [0.2, 0.25) is 0 Å². The number of carbonyl (C=O) groups excluding carboxylic acids is 2. The molecule has 1 aliphatic rings. The fourth-order valence-corrected chi connectivity index (χ4v) is 3.06. The maximum Gasteiger partial charge on any atom is 0.295 e. The van der Waals surface area contributed by atoms with Gasteiger partial charge in [-0.2, -0.15) is 0 Å². The maximum absolute atomic E-state index is 12.7. The summed E-state index contributed by atoms with van der Waals surface area (Å²) in [6.07, 6.45) is 3.23. The summed E-state index contributed by atoms with van der Waals surface area (Å²) in [5.41, 5.74) is 1.37. The van der Waals surface area contributed by atoms with Crippen molar-refractivity contribution < 1.29 is 14.7 Å². The summed E-state index contributed by atoms with van der Waals surface area (Å²) < 4.78 is 0. The number of benzene rings is 1. The Morgan fingerprint density at radius 3 is 2.38 bits per heavy atom. The first-order chi connectivity index (χ1) is 12.5. The average molecular weight is 351 g/mol. The number of likely N-dealkylation sites (N-methyl/N-ethyl adjacent to an activating group) is 1. The molecule has 1 fully saturated rings. The first-order valence-corrected chi connectivity index (χ1v) is 8.39. The lowest BCUT2D eigenvalue weighted by Crippen LogP contribution is -2.35. The van der Waals surface area contributed by atoms with Crippen molar-refractivity contribution in [1.82, 2.24) is 14.8 Å². The SMILES string of the molecule is CN(C)CCN1C(=O)C(=O)C(=C(O)c2ccccc2)C1c1ccncc1. The number of Topliss-reactive ketones (excluding diaryl/α,β-unsaturated/α-hetero) is 1. The van der Waals surface area contributed by atoms with Crippen molar-refractivity contribution in [1.29, 1.82) is 0 Å². The fraction of sp³-hybridized carbons (Fsp3) is 0.250. The van der Waals surface area contributed by atoms with Crippen LogP contribution in [0.25, 0.3) is 5.76 Å². The average Bonchev–Trinajstić information content (AvgIpc) is 2.91. The molecule has 0 spiro atoms. The van der Waals surface area contributed by atoms with Gasteiger partial charge in [-0.05, 0) is 31.8 Å². The molecule has 0 bridgehead atoms. The van der Waals surface area contributed by atoms with Crippen LogP contribution in [0.1, 0.15) is 17.2 Å². The van der Waals surface area contributed by atoms with Gasteiger partial charge in [-0.15, -0.1) is 0 Å². The first-order valence-electron chi connectivity index (χ1n) is 8.39. The smallest absolute Gasteiger partial charge is 0.295 e. The molecule has 1 N–H and O–H groups in total. The van der Waals surface area contributed by atoms with Crippen LogP contribution in [0.4, 0.5) is 0 Å². The highest BCUT2D eigenvalue weighted by atomic mass is 16.3. The molecule has 0 radical (unpaired) electrons. The summed E-state index contributed by atoms with van der Waals surface area (Å²) in [6.45, 7) is 0.996. The molecule has 1 aromatic carbocycles. The van der Waals surface area contributed by atoms with E-state index in [0.717, 1.165) is 5.56 Å². The van der Waals surface area contributed by atoms with Crippen molar-refractivity contribution in [3.8, 4) is 0 Å². The van der Waals surface area contributed by atoms with Gasteiger partial charge in [-0.1, -0.05) is 30.3 Å². The van der Waals surface area contributed by atoms with Crippen molar-refractivity contribution in [2.45, 2.75) is 6.04 Å². The lowest BCUT2D eigenvalue weighted by Gasteiger charge is -2.26. The molecule has 1 atom stereocenters. The van der Waals surface area contributed by atoms with Crippen LogP contribution in [0, 0.1) is 0 Å². The van der Waals surface area contributed by atoms with Gasteiger partial charge < -0.3 is 14.9 Å². The van der Waals surface area contributed by atoms with Gasteiger partial charge in [0.25, 0.3) is 11.7 Å². The largest absolute Gasteiger partial charge is 0.507 e. The van der Waals surface area contributed by atoms with E-state index >= 15 is 0 Å². The maximum atomic E-state index is 12.7. The number of ketones is 1. The first kappa shape index (κ1) is 17.8. The Balaban J connectivity index is 2.12. The van der Waals surface area contributed by atoms with E-state index in [4.69, 9.17) is 0 Å². The Morgan fingerprint density at radius 1 is 1.12 bits per heavy atom. The Bertz CT molecular complexity index is 832. The van der Waals surface area contributed by atoms with Crippen LogP contribution >= 0.6 is 0 Å². The molecule has 1 unspecified atom stereocenters. The van der Waals surface area contributed by atoms with Gasteiger partial charge in [0.2, 0.25) is 0 Å². The van der Waals surface area contributed by atoms with E-state index in [9.17, 15) is 14.7 Å². The summed E-state index contributed by atoms with van der Waals surface area (Å²) in [4.78, 5) is 32.8. The van der Waals surface area contributed by atoms with Crippen LogP contribution < -0.4 is 0 Å². The molecule has 2 heterocycles. The van der Waals surface area contributed by atoms with Crippen molar-refractivity contribution in [2.24, 2.45) is 0 Å². The number of amides is 1. The minimum Gasteiger partial charge on any atom is -0.507 e. The molecule has 2 aromatic rings. The molecule has 26 heavy (non-hydrogen) atoms. The van der Waals surface area contributed by atoms with Crippen LogP contribution in [0.3, 0.4) is 0 Å². The molecule has 6 nitrogen and oxygen atoms in total. The lowest BCUT2D eigenvalue weighted by atomic mass is 9.96. The number of pyridine rings is 1. The van der Waals surface area contributed by atoms with Crippen molar-refractivity contribution in [3.05, 3.63) is 71.6 Å². The summed E-state index contributed by atoms with van der Waals surface area (Å²) in [5, 5.41) is 10.8. The topological polar surface area (TPSA) is 73.7 Å². The summed E-state index contributed by atoms with van der Waals surface area (Å²) in [5.74, 6) is -1.41. The molecule has 0 aliphatic carbocycles. The second-order valence-corrected chi connectivity index (χ2v) is 6.44. The zero-order valence-electron chi connectivity index (χ0n) is 14.8. The van der Waals surface area contributed by atoms with Gasteiger partial charge in [0.15, 0.2) is 0 Å². The van der Waals surface area contributed by atoms with Crippen LogP contribution in [0.15, 0.2) is 60.4 Å². The number of nitrogens with zero attached hydrogens (tertiary/aromatic N) is 3. The standard InChI is InChI=1S/C20H21N3O3/c1-22(2)12-13-23-17(14-8-10-21-11-9-14)16(19(25)20(23)26)18(24)15-6-4-3-5-7-15/h3-11,17,24H,12-13H2,1-2H3. The number of hydrogen-bond donors (Lipinski definition) is 1. The fourth-order valence-electron chi connectivity index (χ4n) is 3.06. The second kappa shape index (κ2) is 7.49. The van der Waals surface area contributed by atoms with Gasteiger partial charge in [0.1, 0.15) is 5.76 Å². The van der Waals surface area contributed by atoms with Crippen LogP contribution in [0.5, 0.6) is 0 Å². The lowest BCUT2D eigenvalue weighted by molar-refractivity contribution is -0.140. The summed E-state index contributed by atoms with van der Waals surface area (Å²) in [6, 6.07) is 11.7. The zero-order chi connectivity index (χ0) is 18.7. The number of aromatic nitrogens is 1. The van der Waals surface area contributed by atoms with E-state index in [1.807, 2.05) is 25.1 Å². The van der Waals surface area contributed by atoms with Gasteiger partial charge in [0, 0.05) is 31.0 Å². The van der Waals surface area contributed by atoms with Crippen molar-refractivity contribution in [2.75, 3.05) is 27.2 Å². The predicted octanol–water partition coefficient (Wildman–Crippen LogP) is 2.06. The third-order valence-corrected chi connectivity index (χ3v) is 4.40. The Hall–Kier alpha value is -2.99. The monoisotopic (exact) mass is 351 g/mol. The van der Waals surface area contributed by atoms with Gasteiger partial charge >= 0.3 is 0 Å². The van der Waals surface area contributed by atoms with Crippen LogP contribution in [-0.4, -0.2) is 58.8 Å². The highest BCUT2D eigenvalue weighted by Crippen LogP contribution is 2.38. The molecular weight excluding hydrogens is 330 g/mol. The van der Waals surface area contributed by atoms with Crippen molar-refractivity contribution in [3.63, 3.8) is 0 Å². The highest BCUT2D eigenvalue weighted by molar-refractivity contribution is 6.46. The van der Waals surface area contributed by atoms with Gasteiger partial charge in [-0.3, -0.25) is 14.6 Å². The quantitative estimate of drug-likeness (QED) is 0.507. The number of aliphatic hydroxyl groups excluding tert-OH is 1. The number of likely N-dealkylation sites (tertiary alicyclic amines) is 1. The number of hydrogen-bond acceptors (Lipinski definition) is 5. The molecule has 3 rings (SSSR count). The van der Waals surface area contributed by atoms with E-state index in [2.05, 4.69) is 4.98 Å². The molecule has 1 amide bonds. The van der Waals surface area contributed by atoms with Gasteiger partial charge in [0.05, 0.1) is 11.6 Å². The number of aliphatic hydroxyl groups is 1. The van der Waals surface area contributed by atoms with E-state index in [0.29, 0.717) is 18.7 Å². The van der Waals surface area contributed by atoms with E-state index < -0.39 is 17.7 Å². The van der Waals surface area contributed by atoms with Gasteiger partial charge in [-0.25, -0.2) is 0 Å². The van der Waals surface area contributed by atoms with Crippen LogP contribution in [-0.2, 0) is 9.59 Å². The summed E-state index contributed by atoms with van der Waals surface area (Å²) in [7, 11) is 3.81. The molecule has 0 saturated carbocycles. The van der Waals surface area contributed by atoms with E-state index in [1.54, 1.807) is 48.8 Å². The predicted molar refractivity (Wildman–Crippen MR) is 98.2 cm³/mol. The Kier molecular flexibility index (Phi) is 5.14. The third kappa shape index (κ3) is 3.36. The normalized spacial score (nSPS) is 19.3. The Labute approximate surface area is 152 Å². The molecule has 1 aliphatic heterocycles.